The fourth-order valence-electron chi connectivity index (χ4n) is 1.41. The van der Waals surface area contributed by atoms with Crippen molar-refractivity contribution >= 4 is 28.1 Å². The first-order valence-corrected chi connectivity index (χ1v) is 6.77. The maximum atomic E-state index is 12.0. The summed E-state index contributed by atoms with van der Waals surface area (Å²) in [5, 5.41) is 4.53. The van der Waals surface area contributed by atoms with Crippen LogP contribution in [0.2, 0.25) is 5.02 Å². The lowest BCUT2D eigenvalue weighted by Crippen LogP contribution is -2.08. The van der Waals surface area contributed by atoms with E-state index in [0.717, 1.165) is 0 Å². The topological polar surface area (TPSA) is 60.9 Å². The number of benzene rings is 1. The lowest BCUT2D eigenvalue weighted by atomic mass is 10.3. The van der Waals surface area contributed by atoms with Gasteiger partial charge in [-0.05, 0) is 24.3 Å². The Balaban J connectivity index is 2.07. The van der Waals surface area contributed by atoms with Crippen LogP contribution in [-0.2, 0) is 17.3 Å². The maximum absolute atomic E-state index is 12.0. The SMILES string of the molecule is Nc1ccc(Cl)c(S(=O)CCn2cccn2)c1. The minimum absolute atomic E-state index is 0.463. The van der Waals surface area contributed by atoms with Gasteiger partial charge in [0.25, 0.3) is 0 Å². The van der Waals surface area contributed by atoms with E-state index in [4.69, 9.17) is 17.3 Å². The predicted molar refractivity (Wildman–Crippen MR) is 69.4 cm³/mol. The molecule has 0 saturated heterocycles. The van der Waals surface area contributed by atoms with Crippen LogP contribution in [0.15, 0.2) is 41.6 Å². The zero-order chi connectivity index (χ0) is 12.3. The van der Waals surface area contributed by atoms with Crippen molar-refractivity contribution in [2.75, 3.05) is 11.5 Å². The number of anilines is 1. The third-order valence-electron chi connectivity index (χ3n) is 2.27. The number of nitrogen functional groups attached to an aromatic ring is 1. The monoisotopic (exact) mass is 269 g/mol. The average Bonchev–Trinajstić information content (AvgIpc) is 2.82. The summed E-state index contributed by atoms with van der Waals surface area (Å²) in [6.45, 7) is 0.588. The van der Waals surface area contributed by atoms with Crippen LogP contribution in [0.4, 0.5) is 5.69 Å². The minimum atomic E-state index is -1.16. The van der Waals surface area contributed by atoms with Crippen LogP contribution in [0, 0.1) is 0 Å². The van der Waals surface area contributed by atoms with E-state index in [2.05, 4.69) is 5.10 Å². The molecular weight excluding hydrogens is 258 g/mol. The molecule has 0 spiro atoms. The summed E-state index contributed by atoms with van der Waals surface area (Å²) < 4.78 is 13.8. The van der Waals surface area contributed by atoms with E-state index in [1.54, 1.807) is 29.1 Å². The lowest BCUT2D eigenvalue weighted by Gasteiger charge is -2.06. The van der Waals surface area contributed by atoms with Gasteiger partial charge >= 0.3 is 0 Å². The molecule has 1 atom stereocenters. The van der Waals surface area contributed by atoms with Crippen LogP contribution in [0.25, 0.3) is 0 Å². The van der Waals surface area contributed by atoms with Crippen LogP contribution in [0.5, 0.6) is 0 Å². The zero-order valence-corrected chi connectivity index (χ0v) is 10.6. The normalized spacial score (nSPS) is 12.5. The van der Waals surface area contributed by atoms with Gasteiger partial charge in [-0.1, -0.05) is 11.6 Å². The highest BCUT2D eigenvalue weighted by Gasteiger charge is 2.09. The number of rotatable bonds is 4. The molecule has 6 heteroatoms. The molecule has 0 aliphatic rings. The molecule has 0 amide bonds. The number of hydrogen-bond donors (Lipinski definition) is 1. The highest BCUT2D eigenvalue weighted by atomic mass is 35.5. The van der Waals surface area contributed by atoms with Gasteiger partial charge in [-0.15, -0.1) is 0 Å². The summed E-state index contributed by atoms with van der Waals surface area (Å²) in [5.41, 5.74) is 6.21. The molecule has 0 aliphatic heterocycles. The molecule has 1 unspecified atom stereocenters. The van der Waals surface area contributed by atoms with E-state index < -0.39 is 10.8 Å². The molecule has 0 fully saturated rings. The van der Waals surface area contributed by atoms with Gasteiger partial charge in [0.2, 0.25) is 0 Å². The van der Waals surface area contributed by atoms with Gasteiger partial charge in [0, 0.05) is 23.8 Å². The van der Waals surface area contributed by atoms with Gasteiger partial charge in [-0.25, -0.2) is 0 Å². The molecule has 1 aromatic heterocycles. The zero-order valence-electron chi connectivity index (χ0n) is 9.04. The summed E-state index contributed by atoms with van der Waals surface area (Å²) in [6, 6.07) is 6.84. The molecule has 4 nitrogen and oxygen atoms in total. The minimum Gasteiger partial charge on any atom is -0.399 e. The Morgan fingerprint density at radius 2 is 2.29 bits per heavy atom. The largest absolute Gasteiger partial charge is 0.399 e. The van der Waals surface area contributed by atoms with Crippen LogP contribution in [0.3, 0.4) is 0 Å². The van der Waals surface area contributed by atoms with Gasteiger partial charge < -0.3 is 5.73 Å². The maximum Gasteiger partial charge on any atom is 0.0595 e. The Hall–Kier alpha value is -1.33. The smallest absolute Gasteiger partial charge is 0.0595 e. The van der Waals surface area contributed by atoms with Crippen molar-refractivity contribution in [1.82, 2.24) is 9.78 Å². The van der Waals surface area contributed by atoms with Crippen molar-refractivity contribution in [3.05, 3.63) is 41.7 Å². The van der Waals surface area contributed by atoms with Crippen LogP contribution >= 0.6 is 11.6 Å². The summed E-state index contributed by atoms with van der Waals surface area (Å²) >= 11 is 5.98. The van der Waals surface area contributed by atoms with Gasteiger partial charge in [0.05, 0.1) is 27.3 Å². The first-order valence-electron chi connectivity index (χ1n) is 5.07. The van der Waals surface area contributed by atoms with Crippen molar-refractivity contribution in [1.29, 1.82) is 0 Å². The second-order valence-electron chi connectivity index (χ2n) is 3.51. The molecule has 2 rings (SSSR count). The first kappa shape index (κ1) is 12.1. The molecule has 0 bridgehead atoms. The number of nitrogens with two attached hydrogens (primary N) is 1. The Kier molecular flexibility index (Phi) is 3.81. The van der Waals surface area contributed by atoms with E-state index >= 15 is 0 Å². The lowest BCUT2D eigenvalue weighted by molar-refractivity contribution is 0.644. The second kappa shape index (κ2) is 5.33. The third kappa shape index (κ3) is 3.08. The molecule has 0 aliphatic carbocycles. The van der Waals surface area contributed by atoms with E-state index in [9.17, 15) is 4.21 Å². The number of nitrogens with zero attached hydrogens (tertiary/aromatic N) is 2. The third-order valence-corrected chi connectivity index (χ3v) is 4.09. The van der Waals surface area contributed by atoms with Crippen LogP contribution < -0.4 is 5.73 Å². The summed E-state index contributed by atoms with van der Waals surface area (Å²) in [4.78, 5) is 0.582. The van der Waals surface area contributed by atoms with Gasteiger partial charge in [0.15, 0.2) is 0 Å². The first-order chi connectivity index (χ1) is 8.16. The Morgan fingerprint density at radius 1 is 1.47 bits per heavy atom. The predicted octanol–water partition coefficient (Wildman–Crippen LogP) is 1.93. The fourth-order valence-corrected chi connectivity index (χ4v) is 2.92. The van der Waals surface area contributed by atoms with Crippen LogP contribution in [0.1, 0.15) is 0 Å². The van der Waals surface area contributed by atoms with Gasteiger partial charge in [-0.2, -0.15) is 5.10 Å². The van der Waals surface area contributed by atoms with Crippen molar-refractivity contribution < 1.29 is 4.21 Å². The second-order valence-corrected chi connectivity index (χ2v) is 5.45. The molecule has 2 aromatic rings. The van der Waals surface area contributed by atoms with Crippen molar-refractivity contribution in [2.24, 2.45) is 0 Å². The average molecular weight is 270 g/mol. The number of aromatic nitrogens is 2. The van der Waals surface area contributed by atoms with Crippen LogP contribution in [-0.4, -0.2) is 19.7 Å². The van der Waals surface area contributed by atoms with Crippen molar-refractivity contribution in [2.45, 2.75) is 11.4 Å². The fraction of sp³-hybridized carbons (Fsp3) is 0.182. The molecular formula is C11H12ClN3OS. The molecule has 90 valence electrons. The Morgan fingerprint density at radius 3 is 3.00 bits per heavy atom. The molecule has 2 N–H and O–H groups in total. The summed E-state index contributed by atoms with van der Waals surface area (Å²) in [7, 11) is -1.16. The molecule has 17 heavy (non-hydrogen) atoms. The summed E-state index contributed by atoms with van der Waals surface area (Å²) in [6.07, 6.45) is 3.52. The van der Waals surface area contributed by atoms with E-state index in [-0.39, 0.29) is 0 Å². The summed E-state index contributed by atoms with van der Waals surface area (Å²) in [5.74, 6) is 0.463. The number of aryl methyl sites for hydroxylation is 1. The van der Waals surface area contributed by atoms with Gasteiger partial charge in [0.1, 0.15) is 0 Å². The molecule has 1 aromatic carbocycles. The van der Waals surface area contributed by atoms with Crippen molar-refractivity contribution in [3.8, 4) is 0 Å². The van der Waals surface area contributed by atoms with E-state index in [1.165, 1.54) is 0 Å². The standard InChI is InChI=1S/C11H12ClN3OS/c12-10-3-2-9(13)8-11(10)17(16)7-6-15-5-1-4-14-15/h1-5,8H,6-7,13H2. The molecule has 0 radical (unpaired) electrons. The van der Waals surface area contributed by atoms with E-state index in [1.807, 2.05) is 12.3 Å². The molecule has 1 heterocycles. The Bertz CT molecular complexity index is 528. The number of hydrogen-bond acceptors (Lipinski definition) is 3. The van der Waals surface area contributed by atoms with Crippen molar-refractivity contribution in [3.63, 3.8) is 0 Å². The highest BCUT2D eigenvalue weighted by Crippen LogP contribution is 2.22. The quantitative estimate of drug-likeness (QED) is 0.863. The van der Waals surface area contributed by atoms with Gasteiger partial charge in [-0.3, -0.25) is 8.89 Å². The Labute approximate surface area is 107 Å². The highest BCUT2D eigenvalue weighted by molar-refractivity contribution is 7.85. The van der Waals surface area contributed by atoms with E-state index in [0.29, 0.717) is 27.9 Å². The number of halogens is 1. The molecule has 0 saturated carbocycles.